The molecule has 58 heavy (non-hydrogen) atoms. The van der Waals surface area contributed by atoms with Crippen molar-refractivity contribution < 1.29 is 4.42 Å². The van der Waals surface area contributed by atoms with Crippen LogP contribution < -0.4 is 4.90 Å². The Bertz CT molecular complexity index is 3290. The van der Waals surface area contributed by atoms with E-state index >= 15 is 0 Å². The smallest absolute Gasteiger partial charge is 0.137 e. The molecule has 2 heterocycles. The van der Waals surface area contributed by atoms with Crippen molar-refractivity contribution in [3.05, 3.63) is 229 Å². The number of aromatic nitrogens is 1. The van der Waals surface area contributed by atoms with Gasteiger partial charge in [0.15, 0.2) is 0 Å². The average molecular weight is 743 g/mol. The van der Waals surface area contributed by atoms with Crippen LogP contribution in [-0.4, -0.2) is 4.57 Å². The van der Waals surface area contributed by atoms with Crippen LogP contribution in [0.5, 0.6) is 0 Å². The summed E-state index contributed by atoms with van der Waals surface area (Å²) in [6.07, 6.45) is 9.27. The van der Waals surface area contributed by atoms with E-state index in [0.717, 1.165) is 57.5 Å². The van der Waals surface area contributed by atoms with E-state index in [0.29, 0.717) is 0 Å². The number of fused-ring (bicyclic) bond motifs is 9. The van der Waals surface area contributed by atoms with Gasteiger partial charge in [-0.15, -0.1) is 0 Å². The molecule has 0 saturated heterocycles. The molecule has 1 unspecified atom stereocenters. The highest BCUT2D eigenvalue weighted by Crippen LogP contribution is 2.58. The first-order chi connectivity index (χ1) is 28.8. The molecule has 10 aromatic rings. The van der Waals surface area contributed by atoms with E-state index in [2.05, 4.69) is 210 Å². The standard InChI is InChI=1S/C55H38N2O/c1-4-16-37(17-5-1)55(38-18-6-2-7-19-38)49-25-13-10-22-43(49)44-31-28-41(35-50(44)55)56(42-29-32-47-46-24-12-15-27-53(46)58-54(47)36-42)40-30-33-52-48(34-40)45-23-11-14-26-51(45)57(52)39-20-8-3-9-21-39/h1,3-6,8-36H,2,7H2. The van der Waals surface area contributed by atoms with Gasteiger partial charge in [0.25, 0.3) is 0 Å². The Morgan fingerprint density at radius 3 is 1.98 bits per heavy atom. The maximum absolute atomic E-state index is 6.54. The lowest BCUT2D eigenvalue weighted by Crippen LogP contribution is -2.29. The second-order valence-corrected chi connectivity index (χ2v) is 15.5. The van der Waals surface area contributed by atoms with E-state index in [4.69, 9.17) is 4.42 Å². The van der Waals surface area contributed by atoms with E-state index < -0.39 is 5.41 Å². The lowest BCUT2D eigenvalue weighted by molar-refractivity contribution is 0.669. The van der Waals surface area contributed by atoms with Crippen LogP contribution in [0, 0.1) is 0 Å². The van der Waals surface area contributed by atoms with E-state index in [-0.39, 0.29) is 0 Å². The quantitative estimate of drug-likeness (QED) is 0.169. The maximum Gasteiger partial charge on any atom is 0.137 e. The summed E-state index contributed by atoms with van der Waals surface area (Å²) in [6.45, 7) is 0. The van der Waals surface area contributed by atoms with Gasteiger partial charge in [-0.25, -0.2) is 0 Å². The van der Waals surface area contributed by atoms with Crippen LogP contribution in [0.25, 0.3) is 60.6 Å². The number of hydrogen-bond acceptors (Lipinski definition) is 2. The zero-order valence-electron chi connectivity index (χ0n) is 31.8. The van der Waals surface area contributed by atoms with E-state index in [9.17, 15) is 0 Å². The van der Waals surface area contributed by atoms with Crippen LogP contribution in [0.2, 0.25) is 0 Å². The monoisotopic (exact) mass is 742 g/mol. The number of para-hydroxylation sites is 3. The number of nitrogens with zero attached hydrogens (tertiary/aromatic N) is 2. The van der Waals surface area contributed by atoms with Gasteiger partial charge in [-0.1, -0.05) is 133 Å². The van der Waals surface area contributed by atoms with Crippen molar-refractivity contribution in [1.29, 1.82) is 0 Å². The third-order valence-electron chi connectivity index (χ3n) is 12.5. The summed E-state index contributed by atoms with van der Waals surface area (Å²) in [4.78, 5) is 2.42. The highest BCUT2D eigenvalue weighted by atomic mass is 16.3. The molecule has 0 amide bonds. The lowest BCUT2D eigenvalue weighted by atomic mass is 9.66. The average Bonchev–Trinajstić information content (AvgIpc) is 3.93. The summed E-state index contributed by atoms with van der Waals surface area (Å²) >= 11 is 0. The molecule has 2 aliphatic carbocycles. The van der Waals surface area contributed by atoms with Gasteiger partial charge in [-0.3, -0.25) is 0 Å². The van der Waals surface area contributed by atoms with Crippen molar-refractivity contribution in [1.82, 2.24) is 4.57 Å². The molecule has 8 aromatic carbocycles. The summed E-state index contributed by atoms with van der Waals surface area (Å²) in [6, 6.07) is 68.6. The molecule has 0 bridgehead atoms. The SMILES string of the molecule is C1=CC(C2(c3ccccc3)c3ccccc3-c3ccc(N(c4ccc5c(c4)oc4ccccc45)c4ccc5c(c4)c4ccccc4n5-c4ccccc4)cc32)=CCC1. The molecule has 2 aromatic heterocycles. The Morgan fingerprint density at radius 1 is 0.466 bits per heavy atom. The van der Waals surface area contributed by atoms with Gasteiger partial charge in [0.05, 0.1) is 16.4 Å². The highest BCUT2D eigenvalue weighted by molar-refractivity contribution is 6.11. The Hall–Kier alpha value is -7.36. The molecule has 1 atom stereocenters. The molecule has 0 saturated carbocycles. The molecule has 3 heteroatoms. The second kappa shape index (κ2) is 12.8. The first kappa shape index (κ1) is 32.8. The van der Waals surface area contributed by atoms with E-state index in [1.54, 1.807) is 0 Å². The fourth-order valence-corrected chi connectivity index (χ4v) is 10.0. The fraction of sp³-hybridized carbons (Fsp3) is 0.0545. The topological polar surface area (TPSA) is 21.3 Å². The third-order valence-corrected chi connectivity index (χ3v) is 12.5. The molecular weight excluding hydrogens is 705 g/mol. The van der Waals surface area contributed by atoms with Crippen LogP contribution in [-0.2, 0) is 5.41 Å². The molecule has 3 nitrogen and oxygen atoms in total. The summed E-state index contributed by atoms with van der Waals surface area (Å²) in [5, 5.41) is 4.67. The van der Waals surface area contributed by atoms with Crippen molar-refractivity contribution in [2.24, 2.45) is 0 Å². The van der Waals surface area contributed by atoms with Gasteiger partial charge in [-0.2, -0.15) is 0 Å². The van der Waals surface area contributed by atoms with Gasteiger partial charge in [0.1, 0.15) is 11.2 Å². The molecular formula is C55H38N2O. The minimum absolute atomic E-state index is 0.471. The molecule has 0 fully saturated rings. The molecule has 12 rings (SSSR count). The minimum Gasteiger partial charge on any atom is -0.456 e. The van der Waals surface area contributed by atoms with Gasteiger partial charge in [0, 0.05) is 50.4 Å². The Morgan fingerprint density at radius 2 is 1.12 bits per heavy atom. The summed E-state index contributed by atoms with van der Waals surface area (Å²) < 4.78 is 8.92. The van der Waals surface area contributed by atoms with E-state index in [1.807, 2.05) is 6.07 Å². The summed E-state index contributed by atoms with van der Waals surface area (Å²) in [5.74, 6) is 0. The predicted molar refractivity (Wildman–Crippen MR) is 241 cm³/mol. The first-order valence-corrected chi connectivity index (χ1v) is 20.2. The zero-order valence-corrected chi connectivity index (χ0v) is 31.8. The summed E-state index contributed by atoms with van der Waals surface area (Å²) in [5.41, 5.74) is 15.8. The van der Waals surface area contributed by atoms with Crippen LogP contribution >= 0.6 is 0 Å². The maximum atomic E-state index is 6.54. The fourth-order valence-electron chi connectivity index (χ4n) is 10.0. The number of hydrogen-bond donors (Lipinski definition) is 0. The van der Waals surface area contributed by atoms with Gasteiger partial charge in [-0.05, 0) is 113 Å². The Balaban J connectivity index is 1.13. The van der Waals surface area contributed by atoms with Gasteiger partial charge in [0.2, 0.25) is 0 Å². The van der Waals surface area contributed by atoms with Crippen LogP contribution in [0.1, 0.15) is 29.5 Å². The minimum atomic E-state index is -0.471. The molecule has 0 radical (unpaired) electrons. The molecule has 0 aliphatic heterocycles. The number of anilines is 3. The number of rotatable bonds is 6. The molecule has 274 valence electrons. The van der Waals surface area contributed by atoms with Gasteiger partial charge >= 0.3 is 0 Å². The van der Waals surface area contributed by atoms with Crippen molar-refractivity contribution >= 4 is 60.8 Å². The molecule has 0 spiro atoms. The molecule has 2 aliphatic rings. The highest BCUT2D eigenvalue weighted by Gasteiger charge is 2.47. The van der Waals surface area contributed by atoms with Crippen LogP contribution in [0.15, 0.2) is 216 Å². The zero-order chi connectivity index (χ0) is 38.2. The van der Waals surface area contributed by atoms with E-state index in [1.165, 1.54) is 55.2 Å². The largest absolute Gasteiger partial charge is 0.456 e. The lowest BCUT2D eigenvalue weighted by Gasteiger charge is -2.36. The third kappa shape index (κ3) is 4.74. The van der Waals surface area contributed by atoms with Crippen molar-refractivity contribution in [2.45, 2.75) is 18.3 Å². The molecule has 0 N–H and O–H groups in total. The number of furan rings is 1. The van der Waals surface area contributed by atoms with Gasteiger partial charge < -0.3 is 13.9 Å². The Kier molecular flexibility index (Phi) is 7.27. The number of allylic oxidation sites excluding steroid dienone is 4. The Labute approximate surface area is 337 Å². The predicted octanol–water partition coefficient (Wildman–Crippen LogP) is 14.7. The number of benzene rings is 8. The van der Waals surface area contributed by atoms with Crippen LogP contribution in [0.4, 0.5) is 17.1 Å². The first-order valence-electron chi connectivity index (χ1n) is 20.2. The van der Waals surface area contributed by atoms with Crippen LogP contribution in [0.3, 0.4) is 0 Å². The van der Waals surface area contributed by atoms with Crippen molar-refractivity contribution in [3.8, 4) is 16.8 Å². The summed E-state index contributed by atoms with van der Waals surface area (Å²) in [7, 11) is 0. The van der Waals surface area contributed by atoms with Crippen molar-refractivity contribution in [3.63, 3.8) is 0 Å². The van der Waals surface area contributed by atoms with Crippen molar-refractivity contribution in [2.75, 3.05) is 4.90 Å². The second-order valence-electron chi connectivity index (χ2n) is 15.5. The normalized spacial score (nSPS) is 15.9.